The van der Waals surface area contributed by atoms with E-state index in [2.05, 4.69) is 10.0 Å². The van der Waals surface area contributed by atoms with E-state index in [-0.39, 0.29) is 16.5 Å². The fraction of sp³-hybridized carbons (Fsp3) is 0.235. The van der Waals surface area contributed by atoms with Crippen molar-refractivity contribution in [1.82, 2.24) is 4.72 Å². The molecular weight excluding hydrogens is 331 g/mol. The van der Waals surface area contributed by atoms with Crippen LogP contribution in [0.15, 0.2) is 47.4 Å². The molecule has 5 nitrogen and oxygen atoms in total. The average molecular weight is 350 g/mol. The van der Waals surface area contributed by atoms with Crippen molar-refractivity contribution in [2.45, 2.75) is 31.7 Å². The third-order valence-corrected chi connectivity index (χ3v) is 4.88. The molecule has 0 aliphatic heterocycles. The van der Waals surface area contributed by atoms with E-state index >= 15 is 0 Å². The SMILES string of the molecule is Cc1ccc(NC(=O)c2cccc(S(=O)(=O)NC(C)C)c2)cc1F. The van der Waals surface area contributed by atoms with Gasteiger partial charge in [0.05, 0.1) is 4.90 Å². The van der Waals surface area contributed by atoms with E-state index in [1.54, 1.807) is 32.9 Å². The van der Waals surface area contributed by atoms with E-state index in [1.165, 1.54) is 30.3 Å². The highest BCUT2D eigenvalue weighted by Crippen LogP contribution is 2.16. The van der Waals surface area contributed by atoms with E-state index in [4.69, 9.17) is 0 Å². The minimum Gasteiger partial charge on any atom is -0.322 e. The van der Waals surface area contributed by atoms with Gasteiger partial charge >= 0.3 is 0 Å². The largest absolute Gasteiger partial charge is 0.322 e. The molecule has 0 unspecified atom stereocenters. The molecule has 0 atom stereocenters. The first-order chi connectivity index (χ1) is 11.2. The summed E-state index contributed by atoms with van der Waals surface area (Å²) in [5.41, 5.74) is 0.945. The van der Waals surface area contributed by atoms with E-state index in [0.29, 0.717) is 11.3 Å². The first kappa shape index (κ1) is 18.1. The van der Waals surface area contributed by atoms with Crippen molar-refractivity contribution < 1.29 is 17.6 Å². The van der Waals surface area contributed by atoms with Crippen LogP contribution in [0, 0.1) is 12.7 Å². The normalized spacial score (nSPS) is 11.5. The Bertz CT molecular complexity index is 864. The standard InChI is InChI=1S/C17H19FN2O3S/c1-11(2)20-24(22,23)15-6-4-5-13(9-15)17(21)19-14-8-7-12(3)16(18)10-14/h4-11,20H,1-3H3,(H,19,21). The minimum atomic E-state index is -3.69. The fourth-order valence-corrected chi connectivity index (χ4v) is 3.35. The molecule has 7 heteroatoms. The number of carbonyl (C=O) groups is 1. The maximum absolute atomic E-state index is 13.5. The minimum absolute atomic E-state index is 0.000985. The predicted molar refractivity (Wildman–Crippen MR) is 91.0 cm³/mol. The summed E-state index contributed by atoms with van der Waals surface area (Å²) < 4.78 is 40.3. The monoisotopic (exact) mass is 350 g/mol. The molecule has 128 valence electrons. The maximum Gasteiger partial charge on any atom is 0.255 e. The van der Waals surface area contributed by atoms with E-state index in [9.17, 15) is 17.6 Å². The quantitative estimate of drug-likeness (QED) is 0.870. The number of hydrogen-bond acceptors (Lipinski definition) is 3. The lowest BCUT2D eigenvalue weighted by molar-refractivity contribution is 0.102. The van der Waals surface area contributed by atoms with Crippen molar-refractivity contribution in [2.24, 2.45) is 0 Å². The molecule has 0 saturated heterocycles. The summed E-state index contributed by atoms with van der Waals surface area (Å²) in [6.45, 7) is 5.04. The van der Waals surface area contributed by atoms with E-state index < -0.39 is 21.7 Å². The summed E-state index contributed by atoms with van der Waals surface area (Å²) in [5, 5.41) is 2.55. The Morgan fingerprint density at radius 3 is 2.46 bits per heavy atom. The van der Waals surface area contributed by atoms with Crippen molar-refractivity contribution in [3.8, 4) is 0 Å². The molecular formula is C17H19FN2O3S. The zero-order valence-corrected chi connectivity index (χ0v) is 14.4. The van der Waals surface area contributed by atoms with Crippen LogP contribution in [0.2, 0.25) is 0 Å². The number of benzene rings is 2. The summed E-state index contributed by atoms with van der Waals surface area (Å²) in [7, 11) is -3.69. The van der Waals surface area contributed by atoms with Crippen LogP contribution in [-0.4, -0.2) is 20.4 Å². The van der Waals surface area contributed by atoms with Crippen LogP contribution in [0.1, 0.15) is 29.8 Å². The summed E-state index contributed by atoms with van der Waals surface area (Å²) in [6, 6.07) is 9.76. The molecule has 0 aromatic heterocycles. The highest BCUT2D eigenvalue weighted by atomic mass is 32.2. The zero-order valence-electron chi connectivity index (χ0n) is 13.6. The fourth-order valence-electron chi connectivity index (χ4n) is 2.06. The molecule has 0 aliphatic rings. The Hall–Kier alpha value is -2.25. The third kappa shape index (κ3) is 4.39. The number of halogens is 1. The van der Waals surface area contributed by atoms with Gasteiger partial charge in [-0.1, -0.05) is 12.1 Å². The van der Waals surface area contributed by atoms with Gasteiger partial charge in [-0.05, 0) is 56.7 Å². The molecule has 2 rings (SSSR count). The number of hydrogen-bond donors (Lipinski definition) is 2. The Morgan fingerprint density at radius 2 is 1.83 bits per heavy atom. The molecule has 24 heavy (non-hydrogen) atoms. The number of amides is 1. The van der Waals surface area contributed by atoms with Crippen LogP contribution >= 0.6 is 0 Å². The van der Waals surface area contributed by atoms with Crippen molar-refractivity contribution in [3.63, 3.8) is 0 Å². The van der Waals surface area contributed by atoms with Gasteiger partial charge < -0.3 is 5.32 Å². The summed E-state index contributed by atoms with van der Waals surface area (Å²) in [5.74, 6) is -0.940. The van der Waals surface area contributed by atoms with Gasteiger partial charge in [0.1, 0.15) is 5.82 Å². The molecule has 0 saturated carbocycles. The smallest absolute Gasteiger partial charge is 0.255 e. The third-order valence-electron chi connectivity index (χ3n) is 3.23. The molecule has 2 aromatic carbocycles. The maximum atomic E-state index is 13.5. The van der Waals surface area contributed by atoms with Gasteiger partial charge in [0.15, 0.2) is 0 Å². The van der Waals surface area contributed by atoms with Crippen molar-refractivity contribution >= 4 is 21.6 Å². The number of carbonyl (C=O) groups excluding carboxylic acids is 1. The van der Waals surface area contributed by atoms with Crippen LogP contribution in [0.5, 0.6) is 0 Å². The van der Waals surface area contributed by atoms with Crippen LogP contribution in [-0.2, 0) is 10.0 Å². The van der Waals surface area contributed by atoms with E-state index in [0.717, 1.165) is 0 Å². The Kier molecular flexibility index (Phi) is 5.36. The highest BCUT2D eigenvalue weighted by molar-refractivity contribution is 7.89. The molecule has 2 N–H and O–H groups in total. The van der Waals surface area contributed by atoms with Gasteiger partial charge in [-0.3, -0.25) is 4.79 Å². The van der Waals surface area contributed by atoms with Gasteiger partial charge in [-0.2, -0.15) is 0 Å². The highest BCUT2D eigenvalue weighted by Gasteiger charge is 2.17. The second kappa shape index (κ2) is 7.11. The lowest BCUT2D eigenvalue weighted by Crippen LogP contribution is -2.30. The zero-order chi connectivity index (χ0) is 17.9. The molecule has 0 bridgehead atoms. The van der Waals surface area contributed by atoms with Crippen LogP contribution in [0.25, 0.3) is 0 Å². The molecule has 0 heterocycles. The van der Waals surface area contributed by atoms with Gasteiger partial charge in [0.25, 0.3) is 5.91 Å². The molecule has 0 spiro atoms. The number of anilines is 1. The van der Waals surface area contributed by atoms with Crippen LogP contribution in [0.4, 0.5) is 10.1 Å². The number of sulfonamides is 1. The summed E-state index contributed by atoms with van der Waals surface area (Å²) >= 11 is 0. The number of aryl methyl sites for hydroxylation is 1. The van der Waals surface area contributed by atoms with Crippen LogP contribution in [0.3, 0.4) is 0 Å². The molecule has 0 fully saturated rings. The van der Waals surface area contributed by atoms with Gasteiger partial charge in [-0.25, -0.2) is 17.5 Å². The molecule has 0 aliphatic carbocycles. The van der Waals surface area contributed by atoms with Crippen molar-refractivity contribution in [1.29, 1.82) is 0 Å². The summed E-state index contributed by atoms with van der Waals surface area (Å²) in [6.07, 6.45) is 0. The lowest BCUT2D eigenvalue weighted by atomic mass is 10.2. The number of nitrogens with one attached hydrogen (secondary N) is 2. The Morgan fingerprint density at radius 1 is 1.12 bits per heavy atom. The Labute approximate surface area is 141 Å². The van der Waals surface area contributed by atoms with Gasteiger partial charge in [0.2, 0.25) is 10.0 Å². The molecule has 0 radical (unpaired) electrons. The number of rotatable bonds is 5. The average Bonchev–Trinajstić information content (AvgIpc) is 2.50. The van der Waals surface area contributed by atoms with Gasteiger partial charge in [0, 0.05) is 17.3 Å². The topological polar surface area (TPSA) is 75.3 Å². The van der Waals surface area contributed by atoms with Crippen molar-refractivity contribution in [3.05, 3.63) is 59.4 Å². The molecule has 1 amide bonds. The second-order valence-corrected chi connectivity index (χ2v) is 7.44. The van der Waals surface area contributed by atoms with E-state index in [1.807, 2.05) is 0 Å². The first-order valence-electron chi connectivity index (χ1n) is 7.39. The second-order valence-electron chi connectivity index (χ2n) is 5.72. The predicted octanol–water partition coefficient (Wildman–Crippen LogP) is 3.07. The lowest BCUT2D eigenvalue weighted by Gasteiger charge is -2.11. The summed E-state index contributed by atoms with van der Waals surface area (Å²) in [4.78, 5) is 12.3. The first-order valence-corrected chi connectivity index (χ1v) is 8.87. The van der Waals surface area contributed by atoms with Gasteiger partial charge in [-0.15, -0.1) is 0 Å². The molecule has 2 aromatic rings. The van der Waals surface area contributed by atoms with Crippen molar-refractivity contribution in [2.75, 3.05) is 5.32 Å². The Balaban J connectivity index is 2.24. The van der Waals surface area contributed by atoms with Crippen LogP contribution < -0.4 is 10.0 Å².